The molecule has 3 heterocycles. The van der Waals surface area contributed by atoms with Gasteiger partial charge in [0.25, 0.3) is 5.19 Å². The first-order chi connectivity index (χ1) is 16.6. The number of thiazole rings is 2. The highest BCUT2D eigenvalue weighted by Gasteiger charge is 2.25. The van der Waals surface area contributed by atoms with E-state index in [0.717, 1.165) is 72.3 Å². The van der Waals surface area contributed by atoms with E-state index in [1.165, 1.54) is 55.6 Å². The first kappa shape index (κ1) is 24.2. The second kappa shape index (κ2) is 11.5. The van der Waals surface area contributed by atoms with Crippen LogP contribution in [0.5, 0.6) is 5.19 Å². The Labute approximate surface area is 211 Å². The van der Waals surface area contributed by atoms with Crippen molar-refractivity contribution in [2.75, 3.05) is 26.2 Å². The molecule has 0 unspecified atom stereocenters. The number of rotatable bonds is 9. The fourth-order valence-electron chi connectivity index (χ4n) is 5.40. The molecule has 0 saturated heterocycles. The summed E-state index contributed by atoms with van der Waals surface area (Å²) < 4.78 is 5.99. The van der Waals surface area contributed by atoms with Crippen LogP contribution in [-0.4, -0.2) is 53.1 Å². The second-order valence-corrected chi connectivity index (χ2v) is 12.8. The molecular formula is C26H38N4O2S2. The molecule has 2 saturated carbocycles. The highest BCUT2D eigenvalue weighted by molar-refractivity contribution is 7.13. The van der Waals surface area contributed by atoms with Gasteiger partial charge in [0.2, 0.25) is 5.91 Å². The van der Waals surface area contributed by atoms with E-state index < -0.39 is 0 Å². The molecule has 0 aromatic carbocycles. The molecular weight excluding hydrogens is 464 g/mol. The number of ether oxygens (including phenoxy) is 1. The van der Waals surface area contributed by atoms with Crippen molar-refractivity contribution in [3.05, 3.63) is 26.7 Å². The van der Waals surface area contributed by atoms with Crippen LogP contribution in [0.2, 0.25) is 0 Å². The molecule has 3 aliphatic rings. The lowest BCUT2D eigenvalue weighted by atomic mass is 9.84. The summed E-state index contributed by atoms with van der Waals surface area (Å²) in [6, 6.07) is 0.346. The molecule has 2 fully saturated rings. The summed E-state index contributed by atoms with van der Waals surface area (Å²) >= 11 is 3.40. The number of hydrogen-bond acceptors (Lipinski definition) is 7. The van der Waals surface area contributed by atoms with Crippen LogP contribution in [0.3, 0.4) is 0 Å². The Morgan fingerprint density at radius 3 is 2.68 bits per heavy atom. The summed E-state index contributed by atoms with van der Waals surface area (Å²) in [7, 11) is 0. The summed E-state index contributed by atoms with van der Waals surface area (Å²) in [4.78, 5) is 26.6. The minimum Gasteiger partial charge on any atom is -0.470 e. The van der Waals surface area contributed by atoms with Gasteiger partial charge in [0.15, 0.2) is 0 Å². The Hall–Kier alpha value is -1.51. The van der Waals surface area contributed by atoms with Crippen LogP contribution in [0.4, 0.5) is 0 Å². The number of carbonyl (C=O) groups is 1. The fourth-order valence-corrected chi connectivity index (χ4v) is 7.15. The van der Waals surface area contributed by atoms with E-state index in [2.05, 4.69) is 15.2 Å². The maximum atomic E-state index is 12.4. The molecule has 0 spiro atoms. The molecule has 34 heavy (non-hydrogen) atoms. The standard InChI is InChI=1S/C26H38N4O2S2/c1-18-27-16-22(33-18)15-25(31)28-21-7-5-19(6-8-21)9-12-30-13-10-23-24(11-14-30)34-26(29-23)32-17-20-3-2-4-20/h16,19-21H,2-15,17H2,1H3,(H,28,31). The summed E-state index contributed by atoms with van der Waals surface area (Å²) in [5, 5.41) is 5.18. The van der Waals surface area contributed by atoms with Crippen molar-refractivity contribution in [1.29, 1.82) is 0 Å². The van der Waals surface area contributed by atoms with Gasteiger partial charge in [-0.05, 0) is 76.7 Å². The van der Waals surface area contributed by atoms with Gasteiger partial charge in [-0.3, -0.25) is 4.79 Å². The molecule has 0 radical (unpaired) electrons. The normalized spacial score (nSPS) is 23.7. The molecule has 2 aromatic heterocycles. The van der Waals surface area contributed by atoms with Gasteiger partial charge in [-0.15, -0.1) is 11.3 Å². The molecule has 186 valence electrons. The van der Waals surface area contributed by atoms with Crippen molar-refractivity contribution in [3.63, 3.8) is 0 Å². The van der Waals surface area contributed by atoms with Gasteiger partial charge in [-0.1, -0.05) is 17.8 Å². The van der Waals surface area contributed by atoms with Gasteiger partial charge in [0, 0.05) is 41.5 Å². The minimum atomic E-state index is 0.148. The van der Waals surface area contributed by atoms with Crippen molar-refractivity contribution in [2.24, 2.45) is 11.8 Å². The van der Waals surface area contributed by atoms with Gasteiger partial charge < -0.3 is 15.0 Å². The van der Waals surface area contributed by atoms with Gasteiger partial charge in [-0.2, -0.15) is 0 Å². The van der Waals surface area contributed by atoms with Gasteiger partial charge >= 0.3 is 0 Å². The van der Waals surface area contributed by atoms with E-state index in [9.17, 15) is 4.79 Å². The summed E-state index contributed by atoms with van der Waals surface area (Å²) in [5.74, 6) is 1.70. The Balaban J connectivity index is 0.980. The van der Waals surface area contributed by atoms with Crippen LogP contribution < -0.4 is 10.1 Å². The number of hydrogen-bond donors (Lipinski definition) is 1. The number of carbonyl (C=O) groups excluding carboxylic acids is 1. The van der Waals surface area contributed by atoms with Gasteiger partial charge in [0.1, 0.15) is 0 Å². The maximum absolute atomic E-state index is 12.4. The summed E-state index contributed by atoms with van der Waals surface area (Å²) in [5.41, 5.74) is 1.28. The molecule has 5 rings (SSSR count). The van der Waals surface area contributed by atoms with Crippen LogP contribution in [0.25, 0.3) is 0 Å². The average Bonchev–Trinajstić information content (AvgIpc) is 3.33. The molecule has 2 aromatic rings. The molecule has 1 N–H and O–H groups in total. The van der Waals surface area contributed by atoms with Crippen LogP contribution in [0.1, 0.15) is 71.8 Å². The maximum Gasteiger partial charge on any atom is 0.273 e. The first-order valence-electron chi connectivity index (χ1n) is 13.1. The van der Waals surface area contributed by atoms with E-state index in [-0.39, 0.29) is 5.91 Å². The average molecular weight is 503 g/mol. The topological polar surface area (TPSA) is 67.4 Å². The van der Waals surface area contributed by atoms with Crippen molar-refractivity contribution in [2.45, 2.75) is 83.6 Å². The fraction of sp³-hybridized carbons (Fsp3) is 0.731. The van der Waals surface area contributed by atoms with Crippen LogP contribution in [0, 0.1) is 18.8 Å². The molecule has 6 nitrogen and oxygen atoms in total. The molecule has 1 aliphatic heterocycles. The quantitative estimate of drug-likeness (QED) is 0.534. The Morgan fingerprint density at radius 1 is 1.12 bits per heavy atom. The van der Waals surface area contributed by atoms with Crippen molar-refractivity contribution in [3.8, 4) is 5.19 Å². The zero-order chi connectivity index (χ0) is 23.3. The number of aryl methyl sites for hydroxylation is 1. The number of amides is 1. The van der Waals surface area contributed by atoms with Crippen LogP contribution in [0.15, 0.2) is 6.20 Å². The number of fused-ring (bicyclic) bond motifs is 1. The number of nitrogens with one attached hydrogen (secondary N) is 1. The largest absolute Gasteiger partial charge is 0.470 e. The Bertz CT molecular complexity index is 921. The summed E-state index contributed by atoms with van der Waals surface area (Å²) in [6.07, 6.45) is 14.4. The molecule has 1 amide bonds. The molecule has 0 bridgehead atoms. The number of aromatic nitrogens is 2. The summed E-state index contributed by atoms with van der Waals surface area (Å²) in [6.45, 7) is 6.28. The van der Waals surface area contributed by atoms with Crippen molar-refractivity contribution < 1.29 is 9.53 Å². The van der Waals surface area contributed by atoms with E-state index in [4.69, 9.17) is 9.72 Å². The van der Waals surface area contributed by atoms with Crippen LogP contribution in [-0.2, 0) is 24.1 Å². The van der Waals surface area contributed by atoms with E-state index in [0.29, 0.717) is 12.5 Å². The smallest absolute Gasteiger partial charge is 0.273 e. The Kier molecular flexibility index (Phi) is 8.17. The lowest BCUT2D eigenvalue weighted by Crippen LogP contribution is -2.38. The second-order valence-electron chi connectivity index (χ2n) is 10.4. The lowest BCUT2D eigenvalue weighted by molar-refractivity contribution is -0.121. The third-order valence-electron chi connectivity index (χ3n) is 7.82. The monoisotopic (exact) mass is 502 g/mol. The first-order valence-corrected chi connectivity index (χ1v) is 14.8. The SMILES string of the molecule is Cc1ncc(CC(=O)NC2CCC(CCN3CCc4nc(OCC5CCC5)sc4CC3)CC2)s1. The predicted molar refractivity (Wildman–Crippen MR) is 138 cm³/mol. The van der Waals surface area contributed by atoms with Crippen LogP contribution >= 0.6 is 22.7 Å². The predicted octanol–water partition coefficient (Wildman–Crippen LogP) is 4.80. The third kappa shape index (κ3) is 6.58. The van der Waals surface area contributed by atoms with Crippen molar-refractivity contribution >= 4 is 28.6 Å². The molecule has 2 aliphatic carbocycles. The van der Waals surface area contributed by atoms with E-state index in [1.807, 2.05) is 13.1 Å². The van der Waals surface area contributed by atoms with E-state index in [1.54, 1.807) is 22.7 Å². The Morgan fingerprint density at radius 2 is 1.94 bits per heavy atom. The van der Waals surface area contributed by atoms with Gasteiger partial charge in [-0.25, -0.2) is 9.97 Å². The minimum absolute atomic E-state index is 0.148. The highest BCUT2D eigenvalue weighted by atomic mass is 32.1. The molecule has 0 atom stereocenters. The number of nitrogens with zero attached hydrogens (tertiary/aromatic N) is 3. The zero-order valence-corrected chi connectivity index (χ0v) is 22.0. The molecule has 8 heteroatoms. The zero-order valence-electron chi connectivity index (χ0n) is 20.4. The third-order valence-corrected chi connectivity index (χ3v) is 9.80. The van der Waals surface area contributed by atoms with E-state index >= 15 is 0 Å². The lowest BCUT2D eigenvalue weighted by Gasteiger charge is -2.30. The highest BCUT2D eigenvalue weighted by Crippen LogP contribution is 2.32. The van der Waals surface area contributed by atoms with Gasteiger partial charge in [0.05, 0.1) is 23.7 Å². The van der Waals surface area contributed by atoms with Crippen molar-refractivity contribution in [1.82, 2.24) is 20.2 Å².